The predicted molar refractivity (Wildman–Crippen MR) is 94.1 cm³/mol. The van der Waals surface area contributed by atoms with Crippen LogP contribution < -0.4 is 15.4 Å². The Bertz CT molecular complexity index is 584. The molecular weight excluding hydrogens is 302 g/mol. The number of pyridine rings is 1. The number of carbonyl (C=O) groups excluding carboxylic acids is 1. The highest BCUT2D eigenvalue weighted by Gasteiger charge is 2.43. The van der Waals surface area contributed by atoms with Crippen LogP contribution in [0.3, 0.4) is 0 Å². The van der Waals surface area contributed by atoms with Crippen LogP contribution in [-0.2, 0) is 4.79 Å². The van der Waals surface area contributed by atoms with Crippen LogP contribution in [0, 0.1) is 11.8 Å². The molecule has 0 bridgehead atoms. The van der Waals surface area contributed by atoms with E-state index in [9.17, 15) is 4.79 Å². The molecule has 5 heteroatoms. The van der Waals surface area contributed by atoms with Crippen LogP contribution in [0.5, 0.6) is 5.88 Å². The molecule has 5 nitrogen and oxygen atoms in total. The van der Waals surface area contributed by atoms with Gasteiger partial charge in [0.05, 0.1) is 5.54 Å². The summed E-state index contributed by atoms with van der Waals surface area (Å²) in [5.41, 5.74) is 0.799. The summed E-state index contributed by atoms with van der Waals surface area (Å²) in [7, 11) is 0. The lowest BCUT2D eigenvalue weighted by Crippen LogP contribution is -2.48. The summed E-state index contributed by atoms with van der Waals surface area (Å²) in [6.07, 6.45) is 5.19. The summed E-state index contributed by atoms with van der Waals surface area (Å²) in [6, 6.07) is 4.06. The summed E-state index contributed by atoms with van der Waals surface area (Å²) in [4.78, 5) is 16.8. The molecule has 0 aromatic carbocycles. The van der Waals surface area contributed by atoms with Gasteiger partial charge in [-0.3, -0.25) is 4.79 Å². The molecule has 1 aromatic heterocycles. The molecule has 2 aliphatic carbocycles. The van der Waals surface area contributed by atoms with E-state index < -0.39 is 5.54 Å². The largest absolute Gasteiger partial charge is 0.475 e. The summed E-state index contributed by atoms with van der Waals surface area (Å²) in [6.45, 7) is 8.42. The maximum absolute atomic E-state index is 12.4. The lowest BCUT2D eigenvalue weighted by atomic mass is 10.1. The molecule has 0 saturated heterocycles. The van der Waals surface area contributed by atoms with Crippen molar-refractivity contribution in [1.82, 2.24) is 15.6 Å². The molecule has 2 aliphatic rings. The smallest absolute Gasteiger partial charge is 0.223 e. The Labute approximate surface area is 144 Å². The van der Waals surface area contributed by atoms with Crippen LogP contribution in [0.25, 0.3) is 0 Å². The van der Waals surface area contributed by atoms with Gasteiger partial charge in [0, 0.05) is 17.7 Å². The molecule has 2 atom stereocenters. The highest BCUT2D eigenvalue weighted by molar-refractivity contribution is 5.82. The highest BCUT2D eigenvalue weighted by atomic mass is 16.5. The number of ether oxygens (including phenoxy) is 1. The van der Waals surface area contributed by atoms with Crippen LogP contribution in [0.2, 0.25) is 0 Å². The number of aromatic nitrogens is 1. The number of rotatable bonds is 9. The summed E-state index contributed by atoms with van der Waals surface area (Å²) in [5.74, 6) is 2.11. The second kappa shape index (κ2) is 7.09. The van der Waals surface area contributed by atoms with Gasteiger partial charge >= 0.3 is 0 Å². The molecule has 3 rings (SSSR count). The third-order valence-corrected chi connectivity index (χ3v) is 4.76. The van der Waals surface area contributed by atoms with Crippen molar-refractivity contribution >= 4 is 5.91 Å². The second-order valence-electron chi connectivity index (χ2n) is 7.74. The standard InChI is InChI=1S/C19H29N3O2/c1-4-20-11-14-10-16(14)17(23)22-19(2,3)12-24-18-15(13-7-8-13)6-5-9-21-18/h5-6,9,13-14,16,20H,4,7-8,10-12H2,1-3H3,(H,22,23)/t14-,16+/m1/s1. The molecule has 0 aliphatic heterocycles. The molecule has 1 amide bonds. The summed E-state index contributed by atoms with van der Waals surface area (Å²) >= 11 is 0. The predicted octanol–water partition coefficient (Wildman–Crippen LogP) is 2.48. The van der Waals surface area contributed by atoms with Crippen molar-refractivity contribution in [3.05, 3.63) is 23.9 Å². The average molecular weight is 331 g/mol. The topological polar surface area (TPSA) is 63.2 Å². The molecular formula is C19H29N3O2. The van der Waals surface area contributed by atoms with E-state index in [4.69, 9.17) is 4.74 Å². The monoisotopic (exact) mass is 331 g/mol. The Morgan fingerprint density at radius 1 is 1.42 bits per heavy atom. The summed E-state index contributed by atoms with van der Waals surface area (Å²) < 4.78 is 5.96. The van der Waals surface area contributed by atoms with E-state index >= 15 is 0 Å². The van der Waals surface area contributed by atoms with Gasteiger partial charge in [-0.1, -0.05) is 13.0 Å². The van der Waals surface area contributed by atoms with E-state index in [1.165, 1.54) is 18.4 Å². The van der Waals surface area contributed by atoms with Crippen LogP contribution in [-0.4, -0.2) is 36.1 Å². The first kappa shape index (κ1) is 17.2. The number of carbonyl (C=O) groups is 1. The maximum atomic E-state index is 12.4. The van der Waals surface area contributed by atoms with Crippen molar-refractivity contribution in [1.29, 1.82) is 0 Å². The van der Waals surface area contributed by atoms with Gasteiger partial charge in [0.1, 0.15) is 6.61 Å². The second-order valence-corrected chi connectivity index (χ2v) is 7.74. The van der Waals surface area contributed by atoms with Crippen LogP contribution in [0.1, 0.15) is 51.5 Å². The Balaban J connectivity index is 1.49. The Morgan fingerprint density at radius 2 is 2.21 bits per heavy atom. The van der Waals surface area contributed by atoms with E-state index in [-0.39, 0.29) is 11.8 Å². The van der Waals surface area contributed by atoms with Gasteiger partial charge in [0.2, 0.25) is 11.8 Å². The van der Waals surface area contributed by atoms with Gasteiger partial charge in [-0.05, 0) is 64.1 Å². The van der Waals surface area contributed by atoms with Crippen molar-refractivity contribution in [3.8, 4) is 5.88 Å². The van der Waals surface area contributed by atoms with Gasteiger partial charge < -0.3 is 15.4 Å². The average Bonchev–Trinajstić information content (AvgIpc) is 3.45. The molecule has 0 radical (unpaired) electrons. The van der Waals surface area contributed by atoms with E-state index in [1.807, 2.05) is 19.9 Å². The fourth-order valence-corrected chi connectivity index (χ4v) is 3.06. The molecule has 1 heterocycles. The van der Waals surface area contributed by atoms with Crippen molar-refractivity contribution in [2.24, 2.45) is 11.8 Å². The van der Waals surface area contributed by atoms with Gasteiger partial charge in [-0.25, -0.2) is 4.98 Å². The van der Waals surface area contributed by atoms with E-state index in [1.54, 1.807) is 6.20 Å². The zero-order chi connectivity index (χ0) is 17.2. The SMILES string of the molecule is CCNC[C@H]1C[C@@H]1C(=O)NC(C)(C)COc1ncccc1C1CC1. The van der Waals surface area contributed by atoms with Crippen molar-refractivity contribution in [2.45, 2.75) is 51.5 Å². The lowest BCUT2D eigenvalue weighted by molar-refractivity contribution is -0.124. The van der Waals surface area contributed by atoms with E-state index in [2.05, 4.69) is 28.6 Å². The fourth-order valence-electron chi connectivity index (χ4n) is 3.06. The molecule has 132 valence electrons. The molecule has 0 unspecified atom stereocenters. The van der Waals surface area contributed by atoms with Gasteiger partial charge in [0.25, 0.3) is 0 Å². The lowest BCUT2D eigenvalue weighted by Gasteiger charge is -2.26. The zero-order valence-electron chi connectivity index (χ0n) is 15.0. The minimum Gasteiger partial charge on any atom is -0.475 e. The normalized spacial score (nSPS) is 23.0. The van der Waals surface area contributed by atoms with Crippen LogP contribution in [0.4, 0.5) is 0 Å². The number of hydrogen-bond acceptors (Lipinski definition) is 4. The number of amides is 1. The van der Waals surface area contributed by atoms with Gasteiger partial charge in [-0.2, -0.15) is 0 Å². The number of nitrogens with zero attached hydrogens (tertiary/aromatic N) is 1. The van der Waals surface area contributed by atoms with Crippen LogP contribution in [0.15, 0.2) is 18.3 Å². The third kappa shape index (κ3) is 4.47. The summed E-state index contributed by atoms with van der Waals surface area (Å²) in [5, 5.41) is 6.45. The van der Waals surface area contributed by atoms with Crippen molar-refractivity contribution in [3.63, 3.8) is 0 Å². The van der Waals surface area contributed by atoms with E-state index in [0.717, 1.165) is 25.4 Å². The molecule has 1 aromatic rings. The molecule has 24 heavy (non-hydrogen) atoms. The Kier molecular flexibility index (Phi) is 5.09. The number of nitrogens with one attached hydrogen (secondary N) is 2. The zero-order valence-corrected chi connectivity index (χ0v) is 15.0. The third-order valence-electron chi connectivity index (χ3n) is 4.76. The van der Waals surface area contributed by atoms with Gasteiger partial charge in [0.15, 0.2) is 0 Å². The molecule has 0 spiro atoms. The minimum absolute atomic E-state index is 0.148. The van der Waals surface area contributed by atoms with Crippen molar-refractivity contribution < 1.29 is 9.53 Å². The van der Waals surface area contributed by atoms with Gasteiger partial charge in [-0.15, -0.1) is 0 Å². The number of hydrogen-bond donors (Lipinski definition) is 2. The first-order valence-corrected chi connectivity index (χ1v) is 9.10. The van der Waals surface area contributed by atoms with Crippen LogP contribution >= 0.6 is 0 Å². The molecule has 2 N–H and O–H groups in total. The minimum atomic E-state index is -0.402. The Hall–Kier alpha value is -1.62. The van der Waals surface area contributed by atoms with E-state index in [0.29, 0.717) is 18.4 Å². The van der Waals surface area contributed by atoms with Crippen molar-refractivity contribution in [2.75, 3.05) is 19.7 Å². The first-order valence-electron chi connectivity index (χ1n) is 9.10. The first-order chi connectivity index (χ1) is 11.5. The highest BCUT2D eigenvalue weighted by Crippen LogP contribution is 2.43. The molecule has 2 saturated carbocycles. The quantitative estimate of drug-likeness (QED) is 0.730. The Morgan fingerprint density at radius 3 is 2.92 bits per heavy atom. The fraction of sp³-hybridized carbons (Fsp3) is 0.684. The molecule has 2 fully saturated rings. The maximum Gasteiger partial charge on any atom is 0.223 e.